The van der Waals surface area contributed by atoms with Gasteiger partial charge in [-0.2, -0.15) is 0 Å². The van der Waals surface area contributed by atoms with Crippen molar-refractivity contribution in [2.24, 2.45) is 0 Å². The predicted octanol–water partition coefficient (Wildman–Crippen LogP) is 3.71. The van der Waals surface area contributed by atoms with Crippen molar-refractivity contribution in [2.75, 3.05) is 11.4 Å². The normalized spacial score (nSPS) is 15.3. The zero-order valence-electron chi connectivity index (χ0n) is 9.66. The maximum Gasteiger partial charge on any atom is 0.0438 e. The van der Waals surface area contributed by atoms with Gasteiger partial charge in [-0.15, -0.1) is 0 Å². The monoisotopic (exact) mass is 201 g/mol. The average molecular weight is 201 g/mol. The molecule has 1 aliphatic heterocycles. The maximum absolute atomic E-state index is 3.87. The van der Waals surface area contributed by atoms with Crippen LogP contribution >= 0.6 is 0 Å². The van der Waals surface area contributed by atoms with Gasteiger partial charge in [-0.25, -0.2) is 0 Å². The Balaban J connectivity index is 2.40. The fourth-order valence-electron chi connectivity index (χ4n) is 2.19. The van der Waals surface area contributed by atoms with Crippen LogP contribution < -0.4 is 4.90 Å². The third kappa shape index (κ3) is 1.92. The van der Waals surface area contributed by atoms with E-state index < -0.39 is 0 Å². The molecule has 0 saturated carbocycles. The lowest BCUT2D eigenvalue weighted by molar-refractivity contribution is 0.757. The van der Waals surface area contributed by atoms with E-state index in [-0.39, 0.29) is 0 Å². The minimum atomic E-state index is 0.620. The van der Waals surface area contributed by atoms with Gasteiger partial charge in [0.1, 0.15) is 0 Å². The molecule has 80 valence electrons. The van der Waals surface area contributed by atoms with E-state index in [0.29, 0.717) is 5.92 Å². The molecule has 1 aliphatic rings. The second-order valence-corrected chi connectivity index (χ2v) is 4.52. The number of benzene rings is 1. The summed E-state index contributed by atoms with van der Waals surface area (Å²) in [6, 6.07) is 6.84. The Kier molecular flexibility index (Phi) is 2.81. The second-order valence-electron chi connectivity index (χ2n) is 4.52. The Bertz CT molecular complexity index is 366. The van der Waals surface area contributed by atoms with Crippen LogP contribution in [0, 0.1) is 0 Å². The standard InChI is InChI=1S/C14H19N/c1-4-15-9-5-6-13-10-12(11(2)3)7-8-14(13)15/h4,7-8,10-11H,1,5-6,9H2,2-3H3. The Labute approximate surface area is 92.4 Å². The van der Waals surface area contributed by atoms with Gasteiger partial charge in [0.2, 0.25) is 0 Å². The van der Waals surface area contributed by atoms with Crippen molar-refractivity contribution in [3.8, 4) is 0 Å². The number of aryl methyl sites for hydroxylation is 1. The molecule has 0 bridgehead atoms. The van der Waals surface area contributed by atoms with Crippen molar-refractivity contribution in [2.45, 2.75) is 32.6 Å². The van der Waals surface area contributed by atoms with Gasteiger partial charge in [0.25, 0.3) is 0 Å². The Hall–Kier alpha value is -1.24. The van der Waals surface area contributed by atoms with Gasteiger partial charge >= 0.3 is 0 Å². The SMILES string of the molecule is C=CN1CCCc2cc(C(C)C)ccc21. The first-order chi connectivity index (χ1) is 7.22. The highest BCUT2D eigenvalue weighted by Gasteiger charge is 2.15. The van der Waals surface area contributed by atoms with E-state index in [2.05, 4.69) is 43.5 Å². The van der Waals surface area contributed by atoms with Gasteiger partial charge in [-0.1, -0.05) is 32.6 Å². The van der Waals surface area contributed by atoms with Crippen LogP contribution in [0.3, 0.4) is 0 Å². The van der Waals surface area contributed by atoms with Crippen molar-refractivity contribution >= 4 is 5.69 Å². The summed E-state index contributed by atoms with van der Waals surface area (Å²) >= 11 is 0. The van der Waals surface area contributed by atoms with E-state index in [1.807, 2.05) is 6.20 Å². The zero-order valence-corrected chi connectivity index (χ0v) is 9.66. The summed E-state index contributed by atoms with van der Waals surface area (Å²) < 4.78 is 0. The van der Waals surface area contributed by atoms with Crippen molar-refractivity contribution in [3.63, 3.8) is 0 Å². The first kappa shape index (κ1) is 10.3. The number of rotatable bonds is 2. The Morgan fingerprint density at radius 2 is 2.20 bits per heavy atom. The summed E-state index contributed by atoms with van der Waals surface area (Å²) in [5.74, 6) is 0.620. The van der Waals surface area contributed by atoms with Gasteiger partial charge < -0.3 is 4.90 Å². The van der Waals surface area contributed by atoms with E-state index in [4.69, 9.17) is 0 Å². The van der Waals surface area contributed by atoms with Crippen molar-refractivity contribution < 1.29 is 0 Å². The molecule has 1 heteroatoms. The van der Waals surface area contributed by atoms with Crippen LogP contribution in [0.4, 0.5) is 5.69 Å². The van der Waals surface area contributed by atoms with E-state index in [0.717, 1.165) is 6.54 Å². The summed E-state index contributed by atoms with van der Waals surface area (Å²) in [4.78, 5) is 2.25. The first-order valence-corrected chi connectivity index (χ1v) is 5.74. The first-order valence-electron chi connectivity index (χ1n) is 5.74. The molecule has 0 saturated heterocycles. The molecular weight excluding hydrogens is 182 g/mol. The third-order valence-corrected chi connectivity index (χ3v) is 3.15. The average Bonchev–Trinajstić information content (AvgIpc) is 2.27. The van der Waals surface area contributed by atoms with E-state index in [1.165, 1.54) is 29.7 Å². The molecule has 0 radical (unpaired) electrons. The quantitative estimate of drug-likeness (QED) is 0.705. The van der Waals surface area contributed by atoms with Gasteiger partial charge in [-0.3, -0.25) is 0 Å². The molecule has 0 amide bonds. The van der Waals surface area contributed by atoms with Crippen LogP contribution in [0.5, 0.6) is 0 Å². The molecule has 2 rings (SSSR count). The molecule has 15 heavy (non-hydrogen) atoms. The molecule has 0 unspecified atom stereocenters. The molecule has 0 fully saturated rings. The van der Waals surface area contributed by atoms with Crippen LogP contribution in [-0.2, 0) is 6.42 Å². The molecule has 1 heterocycles. The maximum atomic E-state index is 3.87. The Morgan fingerprint density at radius 3 is 2.87 bits per heavy atom. The minimum absolute atomic E-state index is 0.620. The van der Waals surface area contributed by atoms with Crippen LogP contribution in [0.15, 0.2) is 31.0 Å². The van der Waals surface area contributed by atoms with E-state index >= 15 is 0 Å². The van der Waals surface area contributed by atoms with Crippen LogP contribution in [0.25, 0.3) is 0 Å². The Morgan fingerprint density at radius 1 is 1.40 bits per heavy atom. The molecule has 0 atom stereocenters. The smallest absolute Gasteiger partial charge is 0.0438 e. The number of hydrogen-bond acceptors (Lipinski definition) is 1. The lowest BCUT2D eigenvalue weighted by Gasteiger charge is -2.28. The number of hydrogen-bond donors (Lipinski definition) is 0. The second kappa shape index (κ2) is 4.09. The van der Waals surface area contributed by atoms with Gasteiger partial charge in [0.15, 0.2) is 0 Å². The van der Waals surface area contributed by atoms with Crippen LogP contribution in [0.2, 0.25) is 0 Å². The lowest BCUT2D eigenvalue weighted by Crippen LogP contribution is -2.23. The summed E-state index contributed by atoms with van der Waals surface area (Å²) in [6.45, 7) is 9.47. The summed E-state index contributed by atoms with van der Waals surface area (Å²) in [6.07, 6.45) is 4.38. The van der Waals surface area contributed by atoms with Gasteiger partial charge in [0.05, 0.1) is 0 Å². The zero-order chi connectivity index (χ0) is 10.8. The molecule has 0 spiro atoms. The molecule has 1 nitrogen and oxygen atoms in total. The van der Waals surface area contributed by atoms with Crippen molar-refractivity contribution in [3.05, 3.63) is 42.1 Å². The number of fused-ring (bicyclic) bond motifs is 1. The summed E-state index contributed by atoms with van der Waals surface area (Å²) in [5.41, 5.74) is 4.27. The van der Waals surface area contributed by atoms with Crippen LogP contribution in [0.1, 0.15) is 37.3 Å². The van der Waals surface area contributed by atoms with Crippen LogP contribution in [-0.4, -0.2) is 6.54 Å². The number of nitrogens with zero attached hydrogens (tertiary/aromatic N) is 1. The molecule has 0 aliphatic carbocycles. The largest absolute Gasteiger partial charge is 0.348 e. The predicted molar refractivity (Wildman–Crippen MR) is 66.4 cm³/mol. The molecular formula is C14H19N. The van der Waals surface area contributed by atoms with Crippen molar-refractivity contribution in [1.82, 2.24) is 0 Å². The summed E-state index contributed by atoms with van der Waals surface area (Å²) in [5, 5.41) is 0. The number of anilines is 1. The van der Waals surface area contributed by atoms with Gasteiger partial charge in [0, 0.05) is 12.2 Å². The summed E-state index contributed by atoms with van der Waals surface area (Å²) in [7, 11) is 0. The lowest BCUT2D eigenvalue weighted by atomic mass is 9.95. The minimum Gasteiger partial charge on any atom is -0.348 e. The fraction of sp³-hybridized carbons (Fsp3) is 0.429. The topological polar surface area (TPSA) is 3.24 Å². The molecule has 0 aromatic heterocycles. The third-order valence-electron chi connectivity index (χ3n) is 3.15. The van der Waals surface area contributed by atoms with Gasteiger partial charge in [-0.05, 0) is 42.2 Å². The highest BCUT2D eigenvalue weighted by Crippen LogP contribution is 2.30. The highest BCUT2D eigenvalue weighted by molar-refractivity contribution is 5.58. The fourth-order valence-corrected chi connectivity index (χ4v) is 2.19. The highest BCUT2D eigenvalue weighted by atomic mass is 15.1. The molecule has 0 N–H and O–H groups in total. The molecule has 1 aromatic rings. The van der Waals surface area contributed by atoms with Crippen molar-refractivity contribution in [1.29, 1.82) is 0 Å². The molecule has 1 aromatic carbocycles. The van der Waals surface area contributed by atoms with E-state index in [1.54, 1.807) is 0 Å². The van der Waals surface area contributed by atoms with E-state index in [9.17, 15) is 0 Å².